The first-order valence-corrected chi connectivity index (χ1v) is 6.79. The molecule has 2 rings (SSSR count). The summed E-state index contributed by atoms with van der Waals surface area (Å²) in [5.41, 5.74) is 3.65. The predicted molar refractivity (Wildman–Crippen MR) is 82.9 cm³/mol. The summed E-state index contributed by atoms with van der Waals surface area (Å²) in [4.78, 5) is 4.36. The van der Waals surface area contributed by atoms with Gasteiger partial charge in [0.2, 0.25) is 0 Å². The Morgan fingerprint density at radius 2 is 1.85 bits per heavy atom. The lowest BCUT2D eigenvalue weighted by molar-refractivity contribution is 1.16. The van der Waals surface area contributed by atoms with Gasteiger partial charge in [0.1, 0.15) is 11.9 Å². The number of hydrogen-bond donors (Lipinski definition) is 1. The van der Waals surface area contributed by atoms with Crippen molar-refractivity contribution >= 4 is 34.7 Å². The van der Waals surface area contributed by atoms with Gasteiger partial charge in [0.15, 0.2) is 0 Å². The normalized spacial score (nSPS) is 10.2. The van der Waals surface area contributed by atoms with Crippen LogP contribution < -0.4 is 5.32 Å². The molecule has 20 heavy (non-hydrogen) atoms. The molecule has 0 atom stereocenters. The van der Waals surface area contributed by atoms with E-state index in [9.17, 15) is 5.26 Å². The predicted octanol–water partition coefficient (Wildman–Crippen LogP) is 4.93. The van der Waals surface area contributed by atoms with Gasteiger partial charge < -0.3 is 5.32 Å². The number of nitriles is 1. The van der Waals surface area contributed by atoms with Crippen molar-refractivity contribution < 1.29 is 0 Å². The molecule has 0 amide bonds. The Balaban J connectivity index is 2.57. The van der Waals surface area contributed by atoms with Gasteiger partial charge in [0, 0.05) is 5.69 Å². The van der Waals surface area contributed by atoms with Crippen molar-refractivity contribution in [2.45, 2.75) is 20.8 Å². The highest BCUT2D eigenvalue weighted by Crippen LogP contribution is 2.35. The SMILES string of the molecule is Cc1cc(C)c(C#N)c(Nc2c(Cl)ccc(C)c2Cl)n1. The Hall–Kier alpha value is -1.76. The molecule has 0 radical (unpaired) electrons. The quantitative estimate of drug-likeness (QED) is 0.856. The highest BCUT2D eigenvalue weighted by atomic mass is 35.5. The smallest absolute Gasteiger partial charge is 0.148 e. The second-order valence-electron chi connectivity index (χ2n) is 4.59. The third-order valence-electron chi connectivity index (χ3n) is 2.98. The number of nitrogens with one attached hydrogen (secondary N) is 1. The van der Waals surface area contributed by atoms with E-state index in [1.807, 2.05) is 32.9 Å². The molecule has 2 aromatic rings. The van der Waals surface area contributed by atoms with E-state index < -0.39 is 0 Å². The molecule has 0 saturated carbocycles. The lowest BCUT2D eigenvalue weighted by Gasteiger charge is -2.14. The number of aryl methyl sites for hydroxylation is 3. The van der Waals surface area contributed by atoms with Crippen LogP contribution in [0.2, 0.25) is 10.0 Å². The van der Waals surface area contributed by atoms with Crippen LogP contribution in [-0.4, -0.2) is 4.98 Å². The summed E-state index contributed by atoms with van der Waals surface area (Å²) in [6.07, 6.45) is 0. The number of aromatic nitrogens is 1. The zero-order valence-electron chi connectivity index (χ0n) is 11.4. The summed E-state index contributed by atoms with van der Waals surface area (Å²) in [7, 11) is 0. The van der Waals surface area contributed by atoms with Crippen molar-refractivity contribution in [1.29, 1.82) is 5.26 Å². The summed E-state index contributed by atoms with van der Waals surface area (Å²) in [5.74, 6) is 0.472. The van der Waals surface area contributed by atoms with Gasteiger partial charge in [0.25, 0.3) is 0 Å². The maximum atomic E-state index is 9.27. The highest BCUT2D eigenvalue weighted by molar-refractivity contribution is 6.39. The summed E-state index contributed by atoms with van der Waals surface area (Å²) in [5, 5.41) is 13.4. The van der Waals surface area contributed by atoms with Gasteiger partial charge in [-0.3, -0.25) is 0 Å². The van der Waals surface area contributed by atoms with Crippen molar-refractivity contribution in [3.63, 3.8) is 0 Å². The van der Waals surface area contributed by atoms with Crippen LogP contribution in [0.5, 0.6) is 0 Å². The average molecular weight is 306 g/mol. The Morgan fingerprint density at radius 3 is 2.50 bits per heavy atom. The molecular weight excluding hydrogens is 293 g/mol. The number of benzene rings is 1. The van der Waals surface area contributed by atoms with Crippen LogP contribution in [0.15, 0.2) is 18.2 Å². The average Bonchev–Trinajstić information content (AvgIpc) is 2.39. The summed E-state index contributed by atoms with van der Waals surface area (Å²) in [6.45, 7) is 5.64. The molecule has 0 spiro atoms. The van der Waals surface area contributed by atoms with E-state index in [4.69, 9.17) is 23.2 Å². The monoisotopic (exact) mass is 305 g/mol. The second kappa shape index (κ2) is 5.70. The molecule has 5 heteroatoms. The summed E-state index contributed by atoms with van der Waals surface area (Å²) < 4.78 is 0. The van der Waals surface area contributed by atoms with Crippen LogP contribution in [0.4, 0.5) is 11.5 Å². The molecule has 1 N–H and O–H groups in total. The number of rotatable bonds is 2. The maximum Gasteiger partial charge on any atom is 0.148 e. The molecular formula is C15H13Cl2N3. The van der Waals surface area contributed by atoms with Crippen LogP contribution in [0.25, 0.3) is 0 Å². The highest BCUT2D eigenvalue weighted by Gasteiger charge is 2.13. The Kier molecular flexibility index (Phi) is 4.17. The number of anilines is 2. The first-order valence-electron chi connectivity index (χ1n) is 6.04. The van der Waals surface area contributed by atoms with Gasteiger partial charge in [-0.25, -0.2) is 4.98 Å². The Bertz CT molecular complexity index is 718. The maximum absolute atomic E-state index is 9.27. The molecule has 0 fully saturated rings. The van der Waals surface area contributed by atoms with E-state index in [-0.39, 0.29) is 0 Å². The van der Waals surface area contributed by atoms with Crippen molar-refractivity contribution in [1.82, 2.24) is 4.98 Å². The van der Waals surface area contributed by atoms with Crippen LogP contribution >= 0.6 is 23.2 Å². The Morgan fingerprint density at radius 1 is 1.15 bits per heavy atom. The zero-order valence-corrected chi connectivity index (χ0v) is 12.9. The molecule has 1 aromatic heterocycles. The van der Waals surface area contributed by atoms with E-state index in [2.05, 4.69) is 16.4 Å². The molecule has 0 saturated heterocycles. The van der Waals surface area contributed by atoms with Gasteiger partial charge >= 0.3 is 0 Å². The lowest BCUT2D eigenvalue weighted by atomic mass is 10.1. The van der Waals surface area contributed by atoms with Crippen LogP contribution in [0, 0.1) is 32.1 Å². The third kappa shape index (κ3) is 2.72. The fraction of sp³-hybridized carbons (Fsp3) is 0.200. The molecule has 0 unspecified atom stereocenters. The minimum absolute atomic E-state index is 0.472. The minimum Gasteiger partial charge on any atom is -0.337 e. The summed E-state index contributed by atoms with van der Waals surface area (Å²) in [6, 6.07) is 7.62. The first kappa shape index (κ1) is 14.6. The largest absolute Gasteiger partial charge is 0.337 e. The van der Waals surface area contributed by atoms with Gasteiger partial charge in [-0.1, -0.05) is 29.3 Å². The molecule has 0 bridgehead atoms. The molecule has 0 aliphatic heterocycles. The number of halogens is 2. The van der Waals surface area contributed by atoms with E-state index in [0.717, 1.165) is 16.8 Å². The zero-order chi connectivity index (χ0) is 14.9. The number of pyridine rings is 1. The topological polar surface area (TPSA) is 48.7 Å². The van der Waals surface area contributed by atoms with Crippen molar-refractivity contribution in [2.24, 2.45) is 0 Å². The van der Waals surface area contributed by atoms with Crippen molar-refractivity contribution in [3.05, 3.63) is 50.6 Å². The van der Waals surface area contributed by atoms with Crippen molar-refractivity contribution in [3.8, 4) is 6.07 Å². The van der Waals surface area contributed by atoms with Gasteiger partial charge in [-0.05, 0) is 44.0 Å². The van der Waals surface area contributed by atoms with E-state index in [1.165, 1.54) is 0 Å². The molecule has 1 heterocycles. The van der Waals surface area contributed by atoms with Gasteiger partial charge in [-0.2, -0.15) is 5.26 Å². The molecule has 0 aliphatic carbocycles. The van der Waals surface area contributed by atoms with E-state index >= 15 is 0 Å². The first-order chi connectivity index (χ1) is 9.43. The van der Waals surface area contributed by atoms with Crippen molar-refractivity contribution in [2.75, 3.05) is 5.32 Å². The van der Waals surface area contributed by atoms with E-state index in [1.54, 1.807) is 6.07 Å². The second-order valence-corrected chi connectivity index (χ2v) is 5.38. The molecule has 0 aliphatic rings. The van der Waals surface area contributed by atoms with Gasteiger partial charge in [0.05, 0.1) is 21.3 Å². The van der Waals surface area contributed by atoms with E-state index in [0.29, 0.717) is 27.1 Å². The third-order valence-corrected chi connectivity index (χ3v) is 3.79. The fourth-order valence-electron chi connectivity index (χ4n) is 1.96. The molecule has 102 valence electrons. The summed E-state index contributed by atoms with van der Waals surface area (Å²) >= 11 is 12.4. The molecule has 3 nitrogen and oxygen atoms in total. The van der Waals surface area contributed by atoms with Gasteiger partial charge in [-0.15, -0.1) is 0 Å². The van der Waals surface area contributed by atoms with Crippen LogP contribution in [0.1, 0.15) is 22.4 Å². The Labute approximate surface area is 128 Å². The number of hydrogen-bond acceptors (Lipinski definition) is 3. The molecule has 1 aromatic carbocycles. The number of nitrogens with zero attached hydrogens (tertiary/aromatic N) is 2. The van der Waals surface area contributed by atoms with Crippen LogP contribution in [-0.2, 0) is 0 Å². The lowest BCUT2D eigenvalue weighted by Crippen LogP contribution is -2.02. The van der Waals surface area contributed by atoms with Crippen LogP contribution in [0.3, 0.4) is 0 Å². The minimum atomic E-state index is 0.472. The standard InChI is InChI=1S/C15H13Cl2N3/c1-8-4-5-12(16)14(13(8)17)20-15-11(7-18)9(2)6-10(3)19-15/h4-6H,1-3H3,(H,19,20). The fourth-order valence-corrected chi connectivity index (χ4v) is 2.42.